The van der Waals surface area contributed by atoms with Crippen molar-refractivity contribution in [2.75, 3.05) is 25.9 Å². The van der Waals surface area contributed by atoms with Crippen molar-refractivity contribution in [3.63, 3.8) is 0 Å². The number of nitrogens with zero attached hydrogens (tertiary/aromatic N) is 1. The summed E-state index contributed by atoms with van der Waals surface area (Å²) in [5, 5.41) is 3.14. The molecule has 0 aliphatic carbocycles. The van der Waals surface area contributed by atoms with Crippen LogP contribution in [-0.2, 0) is 11.3 Å². The van der Waals surface area contributed by atoms with Crippen molar-refractivity contribution in [1.82, 2.24) is 10.2 Å². The van der Waals surface area contributed by atoms with Crippen LogP contribution in [0, 0.1) is 0 Å². The number of carbonyl (C=O) groups is 1. The Labute approximate surface area is 113 Å². The molecule has 1 heterocycles. The van der Waals surface area contributed by atoms with Gasteiger partial charge in [0.1, 0.15) is 0 Å². The number of amides is 1. The summed E-state index contributed by atoms with van der Waals surface area (Å²) in [6.07, 6.45) is 2.32. The summed E-state index contributed by atoms with van der Waals surface area (Å²) in [4.78, 5) is 15.1. The maximum absolute atomic E-state index is 11.9. The molecule has 1 saturated heterocycles. The standard InChI is InChI=1S/C14H20N2OS/c1-15-10-12-5-4-6-13(9-12)18-11-14(17)16-7-2-3-8-16/h4-6,9,15H,2-3,7-8,10-11H2,1H3. The zero-order valence-corrected chi connectivity index (χ0v) is 11.6. The van der Waals surface area contributed by atoms with Gasteiger partial charge in [0, 0.05) is 24.5 Å². The van der Waals surface area contributed by atoms with Crippen molar-refractivity contribution >= 4 is 17.7 Å². The van der Waals surface area contributed by atoms with Crippen molar-refractivity contribution in [1.29, 1.82) is 0 Å². The predicted octanol–water partition coefficient (Wildman–Crippen LogP) is 2.12. The summed E-state index contributed by atoms with van der Waals surface area (Å²) in [7, 11) is 1.94. The van der Waals surface area contributed by atoms with Crippen LogP contribution in [0.2, 0.25) is 0 Å². The zero-order chi connectivity index (χ0) is 12.8. The Hall–Kier alpha value is -1.00. The van der Waals surface area contributed by atoms with E-state index in [2.05, 4.69) is 29.6 Å². The van der Waals surface area contributed by atoms with Gasteiger partial charge in [0.05, 0.1) is 5.75 Å². The number of likely N-dealkylation sites (tertiary alicyclic amines) is 1. The van der Waals surface area contributed by atoms with E-state index < -0.39 is 0 Å². The molecule has 0 saturated carbocycles. The Bertz CT molecular complexity index is 403. The SMILES string of the molecule is CNCc1cccc(SCC(=O)N2CCCC2)c1. The quantitative estimate of drug-likeness (QED) is 0.827. The molecule has 2 rings (SSSR count). The Morgan fingerprint density at radius 3 is 2.89 bits per heavy atom. The number of benzene rings is 1. The van der Waals surface area contributed by atoms with Gasteiger partial charge in [0.15, 0.2) is 0 Å². The van der Waals surface area contributed by atoms with E-state index in [9.17, 15) is 4.79 Å². The van der Waals surface area contributed by atoms with Gasteiger partial charge in [-0.2, -0.15) is 0 Å². The second kappa shape index (κ2) is 6.81. The van der Waals surface area contributed by atoms with Crippen molar-refractivity contribution in [3.05, 3.63) is 29.8 Å². The largest absolute Gasteiger partial charge is 0.342 e. The molecule has 0 aromatic heterocycles. The van der Waals surface area contributed by atoms with Crippen LogP contribution in [-0.4, -0.2) is 36.7 Å². The molecule has 3 nitrogen and oxygen atoms in total. The van der Waals surface area contributed by atoms with Gasteiger partial charge in [-0.3, -0.25) is 4.79 Å². The van der Waals surface area contributed by atoms with E-state index in [1.807, 2.05) is 11.9 Å². The maximum Gasteiger partial charge on any atom is 0.232 e. The first-order valence-electron chi connectivity index (χ1n) is 6.44. The maximum atomic E-state index is 11.9. The van der Waals surface area contributed by atoms with Crippen LogP contribution >= 0.6 is 11.8 Å². The molecular weight excluding hydrogens is 244 g/mol. The van der Waals surface area contributed by atoms with Crippen molar-refractivity contribution < 1.29 is 4.79 Å². The Balaban J connectivity index is 1.85. The molecular formula is C14H20N2OS. The first-order chi connectivity index (χ1) is 8.79. The number of carbonyl (C=O) groups excluding carboxylic acids is 1. The molecule has 0 bridgehead atoms. The lowest BCUT2D eigenvalue weighted by atomic mass is 10.2. The molecule has 4 heteroatoms. The lowest BCUT2D eigenvalue weighted by Gasteiger charge is -2.14. The molecule has 1 aromatic carbocycles. The molecule has 1 fully saturated rings. The molecule has 18 heavy (non-hydrogen) atoms. The van der Waals surface area contributed by atoms with Gasteiger partial charge in [-0.05, 0) is 37.6 Å². The first-order valence-corrected chi connectivity index (χ1v) is 7.42. The normalized spacial score (nSPS) is 15.1. The lowest BCUT2D eigenvalue weighted by molar-refractivity contribution is -0.127. The fraction of sp³-hybridized carbons (Fsp3) is 0.500. The first kappa shape index (κ1) is 13.4. The van der Waals surface area contributed by atoms with Gasteiger partial charge in [-0.1, -0.05) is 12.1 Å². The van der Waals surface area contributed by atoms with Gasteiger partial charge in [0.2, 0.25) is 5.91 Å². The zero-order valence-electron chi connectivity index (χ0n) is 10.8. The molecule has 1 N–H and O–H groups in total. The van der Waals surface area contributed by atoms with E-state index >= 15 is 0 Å². The fourth-order valence-corrected chi connectivity index (χ4v) is 3.03. The second-order valence-corrected chi connectivity index (χ2v) is 5.60. The van der Waals surface area contributed by atoms with Crippen molar-refractivity contribution in [2.24, 2.45) is 0 Å². The Morgan fingerprint density at radius 2 is 2.17 bits per heavy atom. The number of rotatable bonds is 5. The van der Waals surface area contributed by atoms with Gasteiger partial charge < -0.3 is 10.2 Å². The van der Waals surface area contributed by atoms with Crippen LogP contribution in [0.5, 0.6) is 0 Å². The smallest absolute Gasteiger partial charge is 0.232 e. The van der Waals surface area contributed by atoms with Crippen LogP contribution in [0.25, 0.3) is 0 Å². The predicted molar refractivity (Wildman–Crippen MR) is 75.7 cm³/mol. The number of thioether (sulfide) groups is 1. The third kappa shape index (κ3) is 3.75. The van der Waals surface area contributed by atoms with Crippen LogP contribution < -0.4 is 5.32 Å². The monoisotopic (exact) mass is 264 g/mol. The van der Waals surface area contributed by atoms with Gasteiger partial charge >= 0.3 is 0 Å². The molecule has 1 aliphatic rings. The molecule has 0 spiro atoms. The molecule has 0 atom stereocenters. The van der Waals surface area contributed by atoms with Crippen molar-refractivity contribution in [3.8, 4) is 0 Å². The number of hydrogen-bond acceptors (Lipinski definition) is 3. The summed E-state index contributed by atoms with van der Waals surface area (Å²) in [6.45, 7) is 2.76. The third-order valence-electron chi connectivity index (χ3n) is 3.10. The number of nitrogens with one attached hydrogen (secondary N) is 1. The highest BCUT2D eigenvalue weighted by atomic mass is 32.2. The van der Waals surface area contributed by atoms with E-state index in [1.165, 1.54) is 10.5 Å². The summed E-state index contributed by atoms with van der Waals surface area (Å²) >= 11 is 1.64. The Morgan fingerprint density at radius 1 is 1.39 bits per heavy atom. The van der Waals surface area contributed by atoms with Gasteiger partial charge in [-0.15, -0.1) is 11.8 Å². The highest BCUT2D eigenvalue weighted by Crippen LogP contribution is 2.20. The molecule has 98 valence electrons. The molecule has 1 amide bonds. The van der Waals surface area contributed by atoms with Gasteiger partial charge in [0.25, 0.3) is 0 Å². The van der Waals surface area contributed by atoms with Gasteiger partial charge in [-0.25, -0.2) is 0 Å². The average Bonchev–Trinajstić information content (AvgIpc) is 2.91. The third-order valence-corrected chi connectivity index (χ3v) is 4.08. The molecule has 0 radical (unpaired) electrons. The molecule has 1 aliphatic heterocycles. The van der Waals surface area contributed by atoms with Crippen LogP contribution in [0.15, 0.2) is 29.2 Å². The number of hydrogen-bond donors (Lipinski definition) is 1. The van der Waals surface area contributed by atoms with E-state index in [-0.39, 0.29) is 5.91 Å². The topological polar surface area (TPSA) is 32.3 Å². The molecule has 0 unspecified atom stereocenters. The fourth-order valence-electron chi connectivity index (χ4n) is 2.15. The molecule has 1 aromatic rings. The van der Waals surface area contributed by atoms with E-state index in [0.717, 1.165) is 32.5 Å². The van der Waals surface area contributed by atoms with Crippen LogP contribution in [0.4, 0.5) is 0 Å². The minimum absolute atomic E-state index is 0.275. The highest BCUT2D eigenvalue weighted by molar-refractivity contribution is 8.00. The highest BCUT2D eigenvalue weighted by Gasteiger charge is 2.17. The summed E-state index contributed by atoms with van der Waals surface area (Å²) in [5.41, 5.74) is 1.26. The average molecular weight is 264 g/mol. The second-order valence-electron chi connectivity index (χ2n) is 4.55. The summed E-state index contributed by atoms with van der Waals surface area (Å²) in [5.74, 6) is 0.833. The van der Waals surface area contributed by atoms with E-state index in [4.69, 9.17) is 0 Å². The minimum Gasteiger partial charge on any atom is -0.342 e. The van der Waals surface area contributed by atoms with Crippen LogP contribution in [0.3, 0.4) is 0 Å². The summed E-state index contributed by atoms with van der Waals surface area (Å²) < 4.78 is 0. The summed E-state index contributed by atoms with van der Waals surface area (Å²) in [6, 6.07) is 8.37. The van der Waals surface area contributed by atoms with Crippen LogP contribution in [0.1, 0.15) is 18.4 Å². The Kier molecular flexibility index (Phi) is 5.08. The van der Waals surface area contributed by atoms with Crippen molar-refractivity contribution in [2.45, 2.75) is 24.3 Å². The minimum atomic E-state index is 0.275. The lowest BCUT2D eigenvalue weighted by Crippen LogP contribution is -2.29. The van der Waals surface area contributed by atoms with E-state index in [0.29, 0.717) is 5.75 Å². The van der Waals surface area contributed by atoms with E-state index in [1.54, 1.807) is 11.8 Å².